The maximum absolute atomic E-state index is 11.2. The molecule has 2 aromatic rings. The molecule has 1 aromatic carbocycles. The van der Waals surface area contributed by atoms with Crippen molar-refractivity contribution in [1.29, 1.82) is 0 Å². The highest BCUT2D eigenvalue weighted by atomic mass is 79.9. The zero-order valence-electron chi connectivity index (χ0n) is 9.50. The van der Waals surface area contributed by atoms with Crippen LogP contribution >= 0.6 is 50.7 Å². The predicted molar refractivity (Wildman–Crippen MR) is 81.3 cm³/mol. The monoisotopic (exact) mass is 380 g/mol. The van der Waals surface area contributed by atoms with E-state index in [1.54, 1.807) is 19.1 Å². The Balaban J connectivity index is 2.43. The van der Waals surface area contributed by atoms with Crippen molar-refractivity contribution in [3.05, 3.63) is 37.9 Å². The molecule has 2 rings (SSSR count). The molecule has 0 amide bonds. The molecule has 0 unspecified atom stereocenters. The number of rotatable bonds is 3. The van der Waals surface area contributed by atoms with Crippen LogP contribution in [-0.4, -0.2) is 15.4 Å². The van der Waals surface area contributed by atoms with Gasteiger partial charge >= 0.3 is 5.97 Å². The summed E-state index contributed by atoms with van der Waals surface area (Å²) in [5, 5.41) is 13.2. The van der Waals surface area contributed by atoms with Crippen LogP contribution in [0.15, 0.2) is 16.6 Å². The standard InChI is InChI=1S/C11H7BrCl2N2O2S/c1-4-7(11(17)18)10(19-16-4)15-6-3-2-5(12)8(13)9(6)14/h2-3,15H,1H3,(H,17,18). The third-order valence-electron chi connectivity index (χ3n) is 2.36. The van der Waals surface area contributed by atoms with Crippen LogP contribution < -0.4 is 5.32 Å². The average molecular weight is 382 g/mol. The average Bonchev–Trinajstić information content (AvgIpc) is 2.71. The van der Waals surface area contributed by atoms with Gasteiger partial charge in [-0.2, -0.15) is 4.37 Å². The Morgan fingerprint density at radius 1 is 1.42 bits per heavy atom. The van der Waals surface area contributed by atoms with Crippen molar-refractivity contribution in [1.82, 2.24) is 4.37 Å². The van der Waals surface area contributed by atoms with Crippen LogP contribution in [0.5, 0.6) is 0 Å². The fourth-order valence-corrected chi connectivity index (χ4v) is 3.07. The minimum atomic E-state index is -1.03. The Hall–Kier alpha value is -0.820. The molecular weight excluding hydrogens is 375 g/mol. The molecule has 0 saturated heterocycles. The van der Waals surface area contributed by atoms with Crippen LogP contribution in [0.1, 0.15) is 16.1 Å². The first kappa shape index (κ1) is 14.6. The van der Waals surface area contributed by atoms with Gasteiger partial charge in [0.15, 0.2) is 0 Å². The summed E-state index contributed by atoms with van der Waals surface area (Å²) in [5.74, 6) is -1.03. The summed E-state index contributed by atoms with van der Waals surface area (Å²) in [7, 11) is 0. The number of nitrogens with zero attached hydrogens (tertiary/aromatic N) is 1. The molecule has 100 valence electrons. The van der Waals surface area contributed by atoms with Gasteiger partial charge in [-0.25, -0.2) is 4.79 Å². The van der Waals surface area contributed by atoms with E-state index in [-0.39, 0.29) is 5.56 Å². The first-order chi connectivity index (χ1) is 8.91. The molecule has 0 bridgehead atoms. The second-order valence-electron chi connectivity index (χ2n) is 3.63. The van der Waals surface area contributed by atoms with E-state index in [1.807, 2.05) is 0 Å². The fraction of sp³-hybridized carbons (Fsp3) is 0.0909. The molecule has 0 aliphatic carbocycles. The lowest BCUT2D eigenvalue weighted by atomic mass is 10.2. The summed E-state index contributed by atoms with van der Waals surface area (Å²) in [6.07, 6.45) is 0. The Labute approximate surface area is 131 Å². The number of aryl methyl sites for hydroxylation is 1. The molecule has 8 heteroatoms. The number of benzene rings is 1. The minimum Gasteiger partial charge on any atom is -0.478 e. The third-order valence-corrected chi connectivity index (χ3v) is 4.98. The summed E-state index contributed by atoms with van der Waals surface area (Å²) in [5.41, 5.74) is 1.13. The Kier molecular flexibility index (Phi) is 4.35. The summed E-state index contributed by atoms with van der Waals surface area (Å²) >= 11 is 16.4. The van der Waals surface area contributed by atoms with Crippen molar-refractivity contribution in [2.45, 2.75) is 6.92 Å². The van der Waals surface area contributed by atoms with Gasteiger partial charge in [0.2, 0.25) is 0 Å². The number of carboxylic acid groups (broad SMARTS) is 1. The van der Waals surface area contributed by atoms with Crippen LogP contribution in [0.2, 0.25) is 10.0 Å². The van der Waals surface area contributed by atoms with Crippen molar-refractivity contribution in [2.24, 2.45) is 0 Å². The molecule has 19 heavy (non-hydrogen) atoms. The van der Waals surface area contributed by atoms with E-state index in [9.17, 15) is 4.79 Å². The van der Waals surface area contributed by atoms with Gasteiger partial charge in [0, 0.05) is 4.47 Å². The predicted octanol–water partition coefficient (Wildman–Crippen LogP) is 4.96. The molecule has 0 spiro atoms. The number of nitrogens with one attached hydrogen (secondary N) is 1. The Morgan fingerprint density at radius 3 is 2.74 bits per heavy atom. The van der Waals surface area contributed by atoms with Crippen LogP contribution in [0.4, 0.5) is 10.7 Å². The molecule has 0 fully saturated rings. The Morgan fingerprint density at radius 2 is 2.11 bits per heavy atom. The van der Waals surface area contributed by atoms with Crippen molar-refractivity contribution in [3.8, 4) is 0 Å². The van der Waals surface area contributed by atoms with Crippen LogP contribution in [0, 0.1) is 6.92 Å². The lowest BCUT2D eigenvalue weighted by Gasteiger charge is -2.09. The number of halogens is 3. The minimum absolute atomic E-state index is 0.139. The van der Waals surface area contributed by atoms with Crippen LogP contribution in [0.3, 0.4) is 0 Å². The van der Waals surface area contributed by atoms with Crippen molar-refractivity contribution in [2.75, 3.05) is 5.32 Å². The van der Waals surface area contributed by atoms with Gasteiger partial charge < -0.3 is 10.4 Å². The summed E-state index contributed by atoms with van der Waals surface area (Å²) in [4.78, 5) is 11.2. The van der Waals surface area contributed by atoms with Gasteiger partial charge in [0.05, 0.1) is 21.4 Å². The van der Waals surface area contributed by atoms with E-state index in [4.69, 9.17) is 28.3 Å². The molecule has 0 saturated carbocycles. The summed E-state index contributed by atoms with van der Waals surface area (Å²) < 4.78 is 4.69. The zero-order valence-corrected chi connectivity index (χ0v) is 13.4. The number of hydrogen-bond donors (Lipinski definition) is 2. The van der Waals surface area contributed by atoms with Crippen molar-refractivity contribution >= 4 is 67.3 Å². The second kappa shape index (κ2) is 5.66. The summed E-state index contributed by atoms with van der Waals surface area (Å²) in [6, 6.07) is 3.43. The molecule has 1 aromatic heterocycles. The van der Waals surface area contributed by atoms with E-state index in [0.717, 1.165) is 11.5 Å². The molecule has 2 N–H and O–H groups in total. The quantitative estimate of drug-likeness (QED) is 0.737. The maximum atomic E-state index is 11.2. The number of carboxylic acids is 1. The van der Waals surface area contributed by atoms with E-state index in [1.165, 1.54) is 0 Å². The first-order valence-corrected chi connectivity index (χ1v) is 7.34. The Bertz CT molecular complexity index is 660. The van der Waals surface area contributed by atoms with E-state index >= 15 is 0 Å². The zero-order chi connectivity index (χ0) is 14.2. The molecule has 4 nitrogen and oxygen atoms in total. The highest BCUT2D eigenvalue weighted by Crippen LogP contribution is 2.38. The van der Waals surface area contributed by atoms with Gasteiger partial charge in [-0.3, -0.25) is 0 Å². The largest absolute Gasteiger partial charge is 0.478 e. The molecule has 0 atom stereocenters. The lowest BCUT2D eigenvalue weighted by molar-refractivity contribution is 0.0697. The number of aromatic carboxylic acids is 1. The highest BCUT2D eigenvalue weighted by Gasteiger charge is 2.19. The van der Waals surface area contributed by atoms with Crippen LogP contribution in [0.25, 0.3) is 0 Å². The number of carbonyl (C=O) groups is 1. The van der Waals surface area contributed by atoms with Gasteiger partial charge in [-0.15, -0.1) is 0 Å². The molecule has 1 heterocycles. The summed E-state index contributed by atoms with van der Waals surface area (Å²) in [6.45, 7) is 1.64. The highest BCUT2D eigenvalue weighted by molar-refractivity contribution is 9.10. The van der Waals surface area contributed by atoms with Crippen molar-refractivity contribution in [3.63, 3.8) is 0 Å². The van der Waals surface area contributed by atoms with Gasteiger partial charge in [-0.05, 0) is 46.5 Å². The smallest absolute Gasteiger partial charge is 0.340 e. The number of anilines is 2. The molecule has 0 aliphatic rings. The molecule has 0 radical (unpaired) electrons. The lowest BCUT2D eigenvalue weighted by Crippen LogP contribution is -2.01. The van der Waals surface area contributed by atoms with E-state index < -0.39 is 5.97 Å². The SMILES string of the molecule is Cc1nsc(Nc2ccc(Br)c(Cl)c2Cl)c1C(=O)O. The van der Waals surface area contributed by atoms with Gasteiger partial charge in [0.1, 0.15) is 10.6 Å². The van der Waals surface area contributed by atoms with E-state index in [2.05, 4.69) is 25.6 Å². The topological polar surface area (TPSA) is 62.2 Å². The van der Waals surface area contributed by atoms with Gasteiger partial charge in [0.25, 0.3) is 0 Å². The maximum Gasteiger partial charge on any atom is 0.340 e. The van der Waals surface area contributed by atoms with Gasteiger partial charge in [-0.1, -0.05) is 23.2 Å². The normalized spacial score (nSPS) is 10.5. The molecule has 0 aliphatic heterocycles. The fourth-order valence-electron chi connectivity index (χ4n) is 1.45. The van der Waals surface area contributed by atoms with Crippen molar-refractivity contribution < 1.29 is 9.90 Å². The third kappa shape index (κ3) is 2.86. The number of aromatic nitrogens is 1. The second-order valence-corrected chi connectivity index (χ2v) is 6.01. The first-order valence-electron chi connectivity index (χ1n) is 5.02. The number of hydrogen-bond acceptors (Lipinski definition) is 4. The molecular formula is C11H7BrCl2N2O2S. The van der Waals surface area contributed by atoms with Crippen LogP contribution in [-0.2, 0) is 0 Å². The van der Waals surface area contributed by atoms with E-state index in [0.29, 0.717) is 30.9 Å².